The van der Waals surface area contributed by atoms with Crippen molar-refractivity contribution in [3.8, 4) is 0 Å². The highest BCUT2D eigenvalue weighted by Crippen LogP contribution is 2.38. The van der Waals surface area contributed by atoms with Gasteiger partial charge in [0.25, 0.3) is 0 Å². The van der Waals surface area contributed by atoms with E-state index < -0.39 is 0 Å². The molecule has 1 N–H and O–H groups in total. The molecule has 0 spiro atoms. The molecule has 0 aliphatic heterocycles. The van der Waals surface area contributed by atoms with E-state index >= 15 is 0 Å². The van der Waals surface area contributed by atoms with Gasteiger partial charge >= 0.3 is 0 Å². The van der Waals surface area contributed by atoms with Crippen LogP contribution in [0.25, 0.3) is 0 Å². The lowest BCUT2D eigenvalue weighted by atomic mass is 9.95. The van der Waals surface area contributed by atoms with Gasteiger partial charge in [-0.2, -0.15) is 0 Å². The number of hydrogen-bond acceptors (Lipinski definition) is 2. The molecule has 0 radical (unpaired) electrons. The molecule has 1 nitrogen and oxygen atoms in total. The molecule has 0 aromatic heterocycles. The Hall–Kier alpha value is 0.110. The van der Waals surface area contributed by atoms with Gasteiger partial charge in [0.05, 0.1) is 5.02 Å². The van der Waals surface area contributed by atoms with E-state index in [4.69, 9.17) is 23.2 Å². The van der Waals surface area contributed by atoms with Crippen LogP contribution in [0.15, 0.2) is 23.1 Å². The van der Waals surface area contributed by atoms with Gasteiger partial charge in [0.1, 0.15) is 0 Å². The Morgan fingerprint density at radius 2 is 2.12 bits per heavy atom. The quantitative estimate of drug-likeness (QED) is 0.872. The molecule has 0 saturated heterocycles. The van der Waals surface area contributed by atoms with Gasteiger partial charge in [0.2, 0.25) is 0 Å². The Morgan fingerprint density at radius 1 is 1.29 bits per heavy atom. The summed E-state index contributed by atoms with van der Waals surface area (Å²) in [4.78, 5) is 1.11. The third-order valence-corrected chi connectivity index (χ3v) is 5.25. The molecule has 1 aromatic rings. The number of benzene rings is 1. The average molecular weight is 290 g/mol. The lowest BCUT2D eigenvalue weighted by Gasteiger charge is -2.28. The first kappa shape index (κ1) is 13.5. The molecule has 0 heterocycles. The van der Waals surface area contributed by atoms with Crippen molar-refractivity contribution < 1.29 is 0 Å². The van der Waals surface area contributed by atoms with Crippen LogP contribution in [-0.4, -0.2) is 18.3 Å². The first-order chi connectivity index (χ1) is 8.19. The molecular formula is C13H17Cl2NS. The summed E-state index contributed by atoms with van der Waals surface area (Å²) in [5.41, 5.74) is 0. The normalized spacial score (nSPS) is 24.9. The van der Waals surface area contributed by atoms with Crippen molar-refractivity contribution in [1.29, 1.82) is 0 Å². The fraction of sp³-hybridized carbons (Fsp3) is 0.538. The Bertz CT molecular complexity index is 384. The minimum Gasteiger partial charge on any atom is -0.317 e. The van der Waals surface area contributed by atoms with Gasteiger partial charge in [-0.3, -0.25) is 0 Å². The third-order valence-electron chi connectivity index (χ3n) is 3.22. The van der Waals surface area contributed by atoms with Crippen LogP contribution >= 0.6 is 35.0 Å². The highest BCUT2D eigenvalue weighted by molar-refractivity contribution is 8.00. The molecule has 0 amide bonds. The van der Waals surface area contributed by atoms with Gasteiger partial charge < -0.3 is 5.32 Å². The summed E-state index contributed by atoms with van der Waals surface area (Å²) in [6.07, 6.45) is 5.06. The van der Waals surface area contributed by atoms with Crippen LogP contribution < -0.4 is 5.32 Å². The van der Waals surface area contributed by atoms with Crippen molar-refractivity contribution in [2.45, 2.75) is 41.9 Å². The van der Waals surface area contributed by atoms with Crippen molar-refractivity contribution in [2.75, 3.05) is 7.05 Å². The summed E-state index contributed by atoms with van der Waals surface area (Å²) >= 11 is 14.1. The van der Waals surface area contributed by atoms with Crippen molar-refractivity contribution in [2.24, 2.45) is 0 Å². The molecule has 2 unspecified atom stereocenters. The predicted molar refractivity (Wildman–Crippen MR) is 77.4 cm³/mol. The molecular weight excluding hydrogens is 273 g/mol. The van der Waals surface area contributed by atoms with E-state index in [1.807, 2.05) is 37.0 Å². The molecule has 94 valence electrons. The molecule has 2 atom stereocenters. The Balaban J connectivity index is 2.02. The first-order valence-corrected chi connectivity index (χ1v) is 7.61. The van der Waals surface area contributed by atoms with E-state index in [-0.39, 0.29) is 0 Å². The summed E-state index contributed by atoms with van der Waals surface area (Å²) in [5, 5.41) is 5.60. The van der Waals surface area contributed by atoms with E-state index in [0.717, 1.165) is 14.9 Å². The SMILES string of the molecule is CNC1CCCC(Sc2cc(Cl)ccc2Cl)C1. The molecule has 1 aliphatic rings. The fourth-order valence-electron chi connectivity index (χ4n) is 2.26. The Morgan fingerprint density at radius 3 is 2.88 bits per heavy atom. The third kappa shape index (κ3) is 3.78. The largest absolute Gasteiger partial charge is 0.317 e. The van der Waals surface area contributed by atoms with Crippen molar-refractivity contribution >= 4 is 35.0 Å². The maximum absolute atomic E-state index is 6.19. The van der Waals surface area contributed by atoms with Crippen LogP contribution in [-0.2, 0) is 0 Å². The minimum atomic E-state index is 0.650. The fourth-order valence-corrected chi connectivity index (χ4v) is 4.10. The highest BCUT2D eigenvalue weighted by atomic mass is 35.5. The zero-order chi connectivity index (χ0) is 12.3. The zero-order valence-electron chi connectivity index (χ0n) is 9.88. The molecule has 1 aromatic carbocycles. The second-order valence-corrected chi connectivity index (χ2v) is 6.65. The van der Waals surface area contributed by atoms with Gasteiger partial charge in [0, 0.05) is 21.2 Å². The van der Waals surface area contributed by atoms with Crippen molar-refractivity contribution in [3.05, 3.63) is 28.2 Å². The van der Waals surface area contributed by atoms with E-state index in [2.05, 4.69) is 5.32 Å². The lowest BCUT2D eigenvalue weighted by Crippen LogP contribution is -2.32. The summed E-state index contributed by atoms with van der Waals surface area (Å²) in [6, 6.07) is 6.34. The smallest absolute Gasteiger partial charge is 0.0542 e. The number of thioether (sulfide) groups is 1. The van der Waals surface area contributed by atoms with E-state index in [1.165, 1.54) is 25.7 Å². The second kappa shape index (κ2) is 6.33. The number of hydrogen-bond donors (Lipinski definition) is 1. The number of rotatable bonds is 3. The summed E-state index contributed by atoms with van der Waals surface area (Å²) < 4.78 is 0. The molecule has 17 heavy (non-hydrogen) atoms. The van der Waals surface area contributed by atoms with Crippen LogP contribution in [0.3, 0.4) is 0 Å². The molecule has 2 rings (SSSR count). The molecule has 1 saturated carbocycles. The summed E-state index contributed by atoms with van der Waals surface area (Å²) in [5.74, 6) is 0. The van der Waals surface area contributed by atoms with Crippen LogP contribution in [0.5, 0.6) is 0 Å². The van der Waals surface area contributed by atoms with Crippen LogP contribution in [0.2, 0.25) is 10.0 Å². The molecule has 1 fully saturated rings. The van der Waals surface area contributed by atoms with Gasteiger partial charge in [-0.1, -0.05) is 29.6 Å². The van der Waals surface area contributed by atoms with Crippen molar-refractivity contribution in [3.63, 3.8) is 0 Å². The molecule has 4 heteroatoms. The van der Waals surface area contributed by atoms with Crippen LogP contribution in [0.4, 0.5) is 0 Å². The summed E-state index contributed by atoms with van der Waals surface area (Å²) in [7, 11) is 2.05. The summed E-state index contributed by atoms with van der Waals surface area (Å²) in [6.45, 7) is 0. The highest BCUT2D eigenvalue weighted by Gasteiger charge is 2.22. The zero-order valence-corrected chi connectivity index (χ0v) is 12.2. The topological polar surface area (TPSA) is 12.0 Å². The number of nitrogens with one attached hydrogen (secondary N) is 1. The van der Waals surface area contributed by atoms with Crippen LogP contribution in [0.1, 0.15) is 25.7 Å². The lowest BCUT2D eigenvalue weighted by molar-refractivity contribution is 0.402. The van der Waals surface area contributed by atoms with Gasteiger partial charge in [-0.05, 0) is 44.5 Å². The minimum absolute atomic E-state index is 0.650. The van der Waals surface area contributed by atoms with Gasteiger partial charge in [-0.15, -0.1) is 11.8 Å². The number of halogens is 2. The second-order valence-electron chi connectivity index (χ2n) is 4.47. The Labute approximate surface area is 117 Å². The van der Waals surface area contributed by atoms with Crippen LogP contribution in [0, 0.1) is 0 Å². The van der Waals surface area contributed by atoms with E-state index in [1.54, 1.807) is 0 Å². The first-order valence-electron chi connectivity index (χ1n) is 5.98. The predicted octanol–water partition coefficient (Wildman–Crippen LogP) is 4.62. The van der Waals surface area contributed by atoms with E-state index in [9.17, 15) is 0 Å². The van der Waals surface area contributed by atoms with E-state index in [0.29, 0.717) is 11.3 Å². The maximum atomic E-state index is 6.19. The average Bonchev–Trinajstić information content (AvgIpc) is 2.34. The Kier molecular flexibility index (Phi) is 5.04. The van der Waals surface area contributed by atoms with Gasteiger partial charge in [0.15, 0.2) is 0 Å². The van der Waals surface area contributed by atoms with Crippen molar-refractivity contribution in [1.82, 2.24) is 5.32 Å². The van der Waals surface area contributed by atoms with Gasteiger partial charge in [-0.25, -0.2) is 0 Å². The molecule has 0 bridgehead atoms. The maximum Gasteiger partial charge on any atom is 0.0542 e. The standard InChI is InChI=1S/C13H17Cl2NS/c1-16-10-3-2-4-11(8-10)17-13-7-9(14)5-6-12(13)15/h5-7,10-11,16H,2-4,8H2,1H3. The monoisotopic (exact) mass is 289 g/mol. The molecule has 1 aliphatic carbocycles.